The predicted molar refractivity (Wildman–Crippen MR) is 80.8 cm³/mol. The SMILES string of the molecule is CC(C)(C#N)CNCc1ccc(F)c(-c2cccs2)c1. The molecule has 2 nitrogen and oxygen atoms in total. The maximum absolute atomic E-state index is 13.8. The van der Waals surface area contributed by atoms with Crippen LogP contribution in [-0.4, -0.2) is 6.54 Å². The van der Waals surface area contributed by atoms with Crippen molar-refractivity contribution in [1.29, 1.82) is 5.26 Å². The number of hydrogen-bond donors (Lipinski definition) is 1. The molecule has 0 atom stereocenters. The summed E-state index contributed by atoms with van der Waals surface area (Å²) < 4.78 is 13.8. The molecule has 0 aliphatic rings. The van der Waals surface area contributed by atoms with Crippen molar-refractivity contribution < 1.29 is 4.39 Å². The number of benzene rings is 1. The van der Waals surface area contributed by atoms with Crippen LogP contribution in [0.2, 0.25) is 0 Å². The highest BCUT2D eigenvalue weighted by molar-refractivity contribution is 7.13. The molecule has 1 heterocycles. The second-order valence-electron chi connectivity index (χ2n) is 5.39. The Kier molecular flexibility index (Phi) is 4.53. The quantitative estimate of drug-likeness (QED) is 0.895. The third-order valence-electron chi connectivity index (χ3n) is 3.02. The van der Waals surface area contributed by atoms with Crippen LogP contribution < -0.4 is 5.32 Å². The van der Waals surface area contributed by atoms with Gasteiger partial charge in [0, 0.05) is 23.5 Å². The van der Waals surface area contributed by atoms with E-state index in [-0.39, 0.29) is 5.82 Å². The first-order valence-corrected chi connectivity index (χ1v) is 7.34. The second-order valence-corrected chi connectivity index (χ2v) is 6.34. The van der Waals surface area contributed by atoms with Gasteiger partial charge < -0.3 is 5.32 Å². The van der Waals surface area contributed by atoms with Crippen LogP contribution in [0.3, 0.4) is 0 Å². The molecule has 0 bridgehead atoms. The van der Waals surface area contributed by atoms with Crippen LogP contribution in [0.4, 0.5) is 4.39 Å². The van der Waals surface area contributed by atoms with E-state index in [1.165, 1.54) is 17.4 Å². The average molecular weight is 288 g/mol. The third-order valence-corrected chi connectivity index (χ3v) is 3.92. The number of halogens is 1. The molecule has 20 heavy (non-hydrogen) atoms. The lowest BCUT2D eigenvalue weighted by Crippen LogP contribution is -2.27. The van der Waals surface area contributed by atoms with Crippen molar-refractivity contribution in [3.05, 3.63) is 47.1 Å². The lowest BCUT2D eigenvalue weighted by molar-refractivity contribution is 0.445. The van der Waals surface area contributed by atoms with Gasteiger partial charge in [-0.15, -0.1) is 11.3 Å². The molecule has 0 spiro atoms. The van der Waals surface area contributed by atoms with Crippen LogP contribution in [0.15, 0.2) is 35.7 Å². The Hall–Kier alpha value is -1.70. The number of thiophene rings is 1. The smallest absolute Gasteiger partial charge is 0.131 e. The summed E-state index contributed by atoms with van der Waals surface area (Å²) in [5.74, 6) is -0.200. The summed E-state index contributed by atoms with van der Waals surface area (Å²) in [7, 11) is 0. The lowest BCUT2D eigenvalue weighted by Gasteiger charge is -2.16. The summed E-state index contributed by atoms with van der Waals surface area (Å²) in [4.78, 5) is 0.932. The molecule has 0 saturated carbocycles. The van der Waals surface area contributed by atoms with Crippen molar-refractivity contribution in [3.63, 3.8) is 0 Å². The number of rotatable bonds is 5. The van der Waals surface area contributed by atoms with Crippen molar-refractivity contribution >= 4 is 11.3 Å². The molecule has 0 fully saturated rings. The van der Waals surface area contributed by atoms with Gasteiger partial charge in [0.05, 0.1) is 11.5 Å². The summed E-state index contributed by atoms with van der Waals surface area (Å²) >= 11 is 1.53. The van der Waals surface area contributed by atoms with Crippen LogP contribution in [0.1, 0.15) is 19.4 Å². The first-order valence-electron chi connectivity index (χ1n) is 6.46. The van der Waals surface area contributed by atoms with E-state index in [0.29, 0.717) is 18.7 Å². The van der Waals surface area contributed by atoms with E-state index in [1.807, 2.05) is 37.4 Å². The Morgan fingerprint density at radius 3 is 2.80 bits per heavy atom. The zero-order valence-electron chi connectivity index (χ0n) is 11.6. The molecular weight excluding hydrogens is 271 g/mol. The van der Waals surface area contributed by atoms with Crippen molar-refractivity contribution in [1.82, 2.24) is 5.32 Å². The van der Waals surface area contributed by atoms with E-state index in [1.54, 1.807) is 6.07 Å². The van der Waals surface area contributed by atoms with Gasteiger partial charge in [0.2, 0.25) is 0 Å². The summed E-state index contributed by atoms with van der Waals surface area (Å²) in [6.45, 7) is 5.02. The second kappa shape index (κ2) is 6.17. The first kappa shape index (κ1) is 14.7. The molecule has 0 saturated heterocycles. The molecule has 1 N–H and O–H groups in total. The van der Waals surface area contributed by atoms with Crippen molar-refractivity contribution in [2.45, 2.75) is 20.4 Å². The highest BCUT2D eigenvalue weighted by Crippen LogP contribution is 2.28. The van der Waals surface area contributed by atoms with Gasteiger partial charge in [-0.2, -0.15) is 5.26 Å². The molecule has 4 heteroatoms. The van der Waals surface area contributed by atoms with Crippen LogP contribution in [0, 0.1) is 22.6 Å². The minimum atomic E-state index is -0.392. The Balaban J connectivity index is 2.07. The average Bonchev–Trinajstić information content (AvgIpc) is 2.94. The van der Waals surface area contributed by atoms with E-state index >= 15 is 0 Å². The van der Waals surface area contributed by atoms with E-state index in [9.17, 15) is 4.39 Å². The first-order chi connectivity index (χ1) is 9.52. The van der Waals surface area contributed by atoms with Gasteiger partial charge >= 0.3 is 0 Å². The minimum Gasteiger partial charge on any atom is -0.311 e. The predicted octanol–water partition coefficient (Wildman–Crippen LogP) is 4.19. The van der Waals surface area contributed by atoms with Crippen LogP contribution in [-0.2, 0) is 6.54 Å². The Labute approximate surface area is 122 Å². The molecule has 0 amide bonds. The standard InChI is InChI=1S/C16H17FN2S/c1-16(2,10-18)11-19-9-12-5-6-14(17)13(8-12)15-4-3-7-20-15/h3-8,19H,9,11H2,1-2H3. The lowest BCUT2D eigenvalue weighted by atomic mass is 9.96. The van der Waals surface area contributed by atoms with E-state index in [0.717, 1.165) is 10.4 Å². The maximum atomic E-state index is 13.8. The van der Waals surface area contributed by atoms with Crippen LogP contribution in [0.25, 0.3) is 10.4 Å². The van der Waals surface area contributed by atoms with E-state index in [4.69, 9.17) is 5.26 Å². The van der Waals surface area contributed by atoms with E-state index < -0.39 is 5.41 Å². The zero-order valence-corrected chi connectivity index (χ0v) is 12.4. The largest absolute Gasteiger partial charge is 0.311 e. The topological polar surface area (TPSA) is 35.8 Å². The van der Waals surface area contributed by atoms with Crippen LogP contribution >= 0.6 is 11.3 Å². The highest BCUT2D eigenvalue weighted by Gasteiger charge is 2.15. The van der Waals surface area contributed by atoms with Gasteiger partial charge in [0.1, 0.15) is 5.82 Å². The van der Waals surface area contributed by atoms with Gasteiger partial charge in [-0.3, -0.25) is 0 Å². The Morgan fingerprint density at radius 1 is 1.35 bits per heavy atom. The maximum Gasteiger partial charge on any atom is 0.131 e. The molecular formula is C16H17FN2S. The minimum absolute atomic E-state index is 0.200. The summed E-state index contributed by atoms with van der Waals surface area (Å²) in [6, 6.07) is 11.2. The number of nitrogens with zero attached hydrogens (tertiary/aromatic N) is 1. The van der Waals surface area contributed by atoms with Gasteiger partial charge in [-0.25, -0.2) is 4.39 Å². The molecule has 0 aliphatic heterocycles. The van der Waals surface area contributed by atoms with Crippen LogP contribution in [0.5, 0.6) is 0 Å². The molecule has 104 valence electrons. The molecule has 0 aliphatic carbocycles. The normalized spacial score (nSPS) is 11.3. The molecule has 1 aromatic carbocycles. The summed E-state index contributed by atoms with van der Waals surface area (Å²) in [6.07, 6.45) is 0. The number of nitriles is 1. The van der Waals surface area contributed by atoms with E-state index in [2.05, 4.69) is 11.4 Å². The molecule has 2 aromatic rings. The fraction of sp³-hybridized carbons (Fsp3) is 0.312. The monoisotopic (exact) mass is 288 g/mol. The van der Waals surface area contributed by atoms with Gasteiger partial charge in [-0.1, -0.05) is 12.1 Å². The fourth-order valence-electron chi connectivity index (χ4n) is 1.86. The van der Waals surface area contributed by atoms with Gasteiger partial charge in [-0.05, 0) is 43.0 Å². The van der Waals surface area contributed by atoms with Gasteiger partial charge in [0.15, 0.2) is 0 Å². The number of nitrogens with one attached hydrogen (secondary N) is 1. The van der Waals surface area contributed by atoms with Crippen molar-refractivity contribution in [2.75, 3.05) is 6.54 Å². The molecule has 2 rings (SSSR count). The molecule has 0 unspecified atom stereocenters. The zero-order chi connectivity index (χ0) is 14.6. The number of hydrogen-bond acceptors (Lipinski definition) is 3. The molecule has 0 radical (unpaired) electrons. The molecule has 1 aromatic heterocycles. The Morgan fingerprint density at radius 2 is 2.15 bits per heavy atom. The highest BCUT2D eigenvalue weighted by atomic mass is 32.1. The van der Waals surface area contributed by atoms with Crippen molar-refractivity contribution in [3.8, 4) is 16.5 Å². The summed E-state index contributed by atoms with van der Waals surface area (Å²) in [5, 5.41) is 14.1. The third kappa shape index (κ3) is 3.66. The Bertz CT molecular complexity index is 612. The summed E-state index contributed by atoms with van der Waals surface area (Å²) in [5.41, 5.74) is 1.26. The fourth-order valence-corrected chi connectivity index (χ4v) is 2.61. The van der Waals surface area contributed by atoms with Crippen molar-refractivity contribution in [2.24, 2.45) is 5.41 Å². The van der Waals surface area contributed by atoms with Gasteiger partial charge in [0.25, 0.3) is 0 Å².